The zero-order chi connectivity index (χ0) is 21.0. The van der Waals surface area contributed by atoms with Gasteiger partial charge in [-0.2, -0.15) is 0 Å². The molecule has 0 aliphatic rings. The predicted molar refractivity (Wildman–Crippen MR) is 110 cm³/mol. The Bertz CT molecular complexity index is 1060. The van der Waals surface area contributed by atoms with E-state index in [9.17, 15) is 8.42 Å². The third kappa shape index (κ3) is 4.22. The molecule has 0 radical (unpaired) electrons. The maximum atomic E-state index is 13.2. The van der Waals surface area contributed by atoms with Crippen molar-refractivity contribution >= 4 is 15.7 Å². The molecule has 0 spiro atoms. The summed E-state index contributed by atoms with van der Waals surface area (Å²) < 4.78 is 44.1. The van der Waals surface area contributed by atoms with Crippen LogP contribution in [-0.4, -0.2) is 27.2 Å². The summed E-state index contributed by atoms with van der Waals surface area (Å²) in [5.74, 6) is 1.46. The van der Waals surface area contributed by atoms with Gasteiger partial charge in [0.2, 0.25) is 0 Å². The van der Waals surface area contributed by atoms with Gasteiger partial charge in [-0.25, -0.2) is 8.42 Å². The number of sulfonamides is 1. The Morgan fingerprint density at radius 1 is 1.07 bits per heavy atom. The van der Waals surface area contributed by atoms with Crippen LogP contribution in [0, 0.1) is 13.8 Å². The molecule has 3 rings (SSSR count). The van der Waals surface area contributed by atoms with Crippen LogP contribution in [0.1, 0.15) is 23.9 Å². The summed E-state index contributed by atoms with van der Waals surface area (Å²) in [5.41, 5.74) is 2.21. The summed E-state index contributed by atoms with van der Waals surface area (Å²) in [7, 11) is -2.28. The first-order valence-corrected chi connectivity index (χ1v) is 10.6. The number of nitrogens with zero attached hydrogens (tertiary/aromatic N) is 2. The molecule has 1 aromatic heterocycles. The van der Waals surface area contributed by atoms with Gasteiger partial charge >= 0.3 is 0 Å². The van der Waals surface area contributed by atoms with E-state index >= 15 is 0 Å². The van der Waals surface area contributed by atoms with Gasteiger partial charge in [-0.3, -0.25) is 4.31 Å². The van der Waals surface area contributed by atoms with Crippen molar-refractivity contribution in [2.24, 2.45) is 0 Å². The van der Waals surface area contributed by atoms with Crippen molar-refractivity contribution in [1.29, 1.82) is 0 Å². The van der Waals surface area contributed by atoms with Crippen molar-refractivity contribution < 1.29 is 22.4 Å². The third-order valence-electron chi connectivity index (χ3n) is 4.61. The van der Waals surface area contributed by atoms with Gasteiger partial charge in [0.15, 0.2) is 11.5 Å². The van der Waals surface area contributed by atoms with Crippen LogP contribution < -0.4 is 13.8 Å². The topological polar surface area (TPSA) is 81.9 Å². The van der Waals surface area contributed by atoms with Crippen LogP contribution in [0.3, 0.4) is 0 Å². The summed E-state index contributed by atoms with van der Waals surface area (Å²) >= 11 is 0. The molecule has 2 aromatic carbocycles. The Labute approximate surface area is 170 Å². The normalized spacial score (nSPS) is 11.3. The second kappa shape index (κ2) is 8.57. The minimum absolute atomic E-state index is 0.129. The number of anilines is 1. The number of hydrogen-bond donors (Lipinski definition) is 0. The fourth-order valence-electron chi connectivity index (χ4n) is 3.00. The van der Waals surface area contributed by atoms with Crippen LogP contribution in [-0.2, 0) is 16.6 Å². The van der Waals surface area contributed by atoms with E-state index in [2.05, 4.69) is 5.16 Å². The maximum Gasteiger partial charge on any atom is 0.264 e. The standard InChI is InChI=1S/C21H24N2O5S/c1-5-23(17-9-7-6-8-10-17)29(24,25)18-11-12-20(21(13-18)26-4)27-14-19-15(2)22-28-16(19)3/h6-13H,5,14H2,1-4H3. The van der Waals surface area contributed by atoms with Crippen molar-refractivity contribution in [3.05, 3.63) is 65.5 Å². The van der Waals surface area contributed by atoms with Crippen LogP contribution in [0.4, 0.5) is 5.69 Å². The fourth-order valence-corrected chi connectivity index (χ4v) is 4.49. The molecule has 8 heteroatoms. The Morgan fingerprint density at radius 2 is 1.79 bits per heavy atom. The second-order valence-electron chi connectivity index (χ2n) is 6.41. The molecule has 3 aromatic rings. The van der Waals surface area contributed by atoms with Crippen molar-refractivity contribution in [1.82, 2.24) is 5.16 Å². The Morgan fingerprint density at radius 3 is 2.38 bits per heavy atom. The highest BCUT2D eigenvalue weighted by atomic mass is 32.2. The molecule has 0 amide bonds. The van der Waals surface area contributed by atoms with Crippen LogP contribution in [0.25, 0.3) is 0 Å². The summed E-state index contributed by atoms with van der Waals surface area (Å²) in [4.78, 5) is 0.129. The number of hydrogen-bond acceptors (Lipinski definition) is 6. The van der Waals surface area contributed by atoms with E-state index in [4.69, 9.17) is 14.0 Å². The summed E-state index contributed by atoms with van der Waals surface area (Å²) in [6, 6.07) is 13.6. The highest BCUT2D eigenvalue weighted by Crippen LogP contribution is 2.33. The largest absolute Gasteiger partial charge is 0.493 e. The van der Waals surface area contributed by atoms with E-state index in [1.807, 2.05) is 19.9 Å². The molecule has 0 N–H and O–H groups in total. The van der Waals surface area contributed by atoms with Gasteiger partial charge in [0.05, 0.1) is 29.0 Å². The van der Waals surface area contributed by atoms with Gasteiger partial charge in [0.25, 0.3) is 10.0 Å². The number of para-hydroxylation sites is 1. The minimum Gasteiger partial charge on any atom is -0.493 e. The van der Waals surface area contributed by atoms with Gasteiger partial charge in [0, 0.05) is 12.6 Å². The highest BCUT2D eigenvalue weighted by Gasteiger charge is 2.25. The smallest absolute Gasteiger partial charge is 0.264 e. The lowest BCUT2D eigenvalue weighted by Crippen LogP contribution is -2.30. The van der Waals surface area contributed by atoms with Crippen LogP contribution >= 0.6 is 0 Å². The van der Waals surface area contributed by atoms with E-state index in [0.717, 1.165) is 11.3 Å². The zero-order valence-corrected chi connectivity index (χ0v) is 17.7. The number of aryl methyl sites for hydroxylation is 2. The average Bonchev–Trinajstić information content (AvgIpc) is 3.05. The second-order valence-corrected chi connectivity index (χ2v) is 8.27. The number of ether oxygens (including phenoxy) is 2. The molecule has 0 unspecified atom stereocenters. The highest BCUT2D eigenvalue weighted by molar-refractivity contribution is 7.92. The molecule has 0 aliphatic heterocycles. The monoisotopic (exact) mass is 416 g/mol. The SMILES string of the molecule is CCN(c1ccccc1)S(=O)(=O)c1ccc(OCc2c(C)noc2C)c(OC)c1. The molecule has 0 atom stereocenters. The van der Waals surface area contributed by atoms with Crippen LogP contribution in [0.2, 0.25) is 0 Å². The predicted octanol–water partition coefficient (Wildman–Crippen LogP) is 4.09. The quantitative estimate of drug-likeness (QED) is 0.550. The molecule has 0 saturated carbocycles. The maximum absolute atomic E-state index is 13.2. The molecule has 0 saturated heterocycles. The Kier molecular flexibility index (Phi) is 6.12. The number of benzene rings is 2. The van der Waals surface area contributed by atoms with E-state index < -0.39 is 10.0 Å². The number of methoxy groups -OCH3 is 1. The minimum atomic E-state index is -3.75. The van der Waals surface area contributed by atoms with Crippen molar-refractivity contribution in [3.63, 3.8) is 0 Å². The number of aromatic nitrogens is 1. The molecule has 29 heavy (non-hydrogen) atoms. The summed E-state index contributed by atoms with van der Waals surface area (Å²) in [6.07, 6.45) is 0. The lowest BCUT2D eigenvalue weighted by molar-refractivity contribution is 0.281. The van der Waals surface area contributed by atoms with Crippen LogP contribution in [0.15, 0.2) is 57.9 Å². The molecule has 0 bridgehead atoms. The van der Waals surface area contributed by atoms with Gasteiger partial charge in [-0.1, -0.05) is 23.4 Å². The Hall–Kier alpha value is -3.00. The molecule has 0 aliphatic carbocycles. The fraction of sp³-hybridized carbons (Fsp3) is 0.286. The summed E-state index contributed by atoms with van der Waals surface area (Å²) in [6.45, 7) is 6.00. The van der Waals surface area contributed by atoms with E-state index in [1.54, 1.807) is 37.3 Å². The van der Waals surface area contributed by atoms with E-state index in [1.165, 1.54) is 23.5 Å². The first kappa shape index (κ1) is 20.7. The van der Waals surface area contributed by atoms with E-state index in [-0.39, 0.29) is 11.5 Å². The molecular weight excluding hydrogens is 392 g/mol. The first-order chi connectivity index (χ1) is 13.9. The summed E-state index contributed by atoms with van der Waals surface area (Å²) in [5, 5.41) is 3.90. The van der Waals surface area contributed by atoms with E-state index in [0.29, 0.717) is 29.5 Å². The first-order valence-electron chi connectivity index (χ1n) is 9.18. The van der Waals surface area contributed by atoms with Crippen LogP contribution in [0.5, 0.6) is 11.5 Å². The third-order valence-corrected chi connectivity index (χ3v) is 6.51. The van der Waals surface area contributed by atoms with Gasteiger partial charge in [-0.15, -0.1) is 0 Å². The van der Waals surface area contributed by atoms with Gasteiger partial charge < -0.3 is 14.0 Å². The zero-order valence-electron chi connectivity index (χ0n) is 16.9. The average molecular weight is 416 g/mol. The molecule has 7 nitrogen and oxygen atoms in total. The number of rotatable bonds is 8. The Balaban J connectivity index is 1.89. The lowest BCUT2D eigenvalue weighted by atomic mass is 10.2. The molecule has 1 heterocycles. The van der Waals surface area contributed by atoms with Crippen molar-refractivity contribution in [2.45, 2.75) is 32.3 Å². The molecular formula is C21H24N2O5S. The van der Waals surface area contributed by atoms with Crippen molar-refractivity contribution in [3.8, 4) is 11.5 Å². The molecule has 0 fully saturated rings. The van der Waals surface area contributed by atoms with Gasteiger partial charge in [0.1, 0.15) is 12.4 Å². The van der Waals surface area contributed by atoms with Gasteiger partial charge in [-0.05, 0) is 45.0 Å². The molecule has 154 valence electrons. The lowest BCUT2D eigenvalue weighted by Gasteiger charge is -2.23. The van der Waals surface area contributed by atoms with Crippen molar-refractivity contribution in [2.75, 3.05) is 18.0 Å².